The lowest BCUT2D eigenvalue weighted by Crippen LogP contribution is -2.44. The molecule has 23 heavy (non-hydrogen) atoms. The van der Waals surface area contributed by atoms with Gasteiger partial charge in [-0.25, -0.2) is 21.1 Å². The number of hydrogen-bond donors (Lipinski definition) is 1. The van der Waals surface area contributed by atoms with E-state index < -0.39 is 30.5 Å². The van der Waals surface area contributed by atoms with Crippen molar-refractivity contribution in [2.24, 2.45) is 0 Å². The highest BCUT2D eigenvalue weighted by molar-refractivity contribution is 7.91. The fourth-order valence-electron chi connectivity index (χ4n) is 2.44. The summed E-state index contributed by atoms with van der Waals surface area (Å²) in [6.45, 7) is 0.790. The summed E-state index contributed by atoms with van der Waals surface area (Å²) in [6, 6.07) is 4.90. The zero-order chi connectivity index (χ0) is 17.3. The highest BCUT2D eigenvalue weighted by Gasteiger charge is 2.27. The molecule has 1 aromatic rings. The molecule has 1 N–H and O–H groups in total. The van der Waals surface area contributed by atoms with Crippen LogP contribution in [0.3, 0.4) is 0 Å². The highest BCUT2D eigenvalue weighted by Crippen LogP contribution is 2.22. The second kappa shape index (κ2) is 6.70. The molecule has 0 bridgehead atoms. The third-order valence-electron chi connectivity index (χ3n) is 3.64. The van der Waals surface area contributed by atoms with E-state index in [1.165, 1.54) is 16.4 Å². The zero-order valence-corrected chi connectivity index (χ0v) is 14.1. The summed E-state index contributed by atoms with van der Waals surface area (Å²) in [5.41, 5.74) is 0.554. The van der Waals surface area contributed by atoms with Gasteiger partial charge in [0.15, 0.2) is 0 Å². The van der Waals surface area contributed by atoms with Gasteiger partial charge in [0.05, 0.1) is 11.2 Å². The van der Waals surface area contributed by atoms with Crippen molar-refractivity contribution >= 4 is 25.5 Å². The van der Waals surface area contributed by atoms with Crippen LogP contribution in [0.5, 0.6) is 0 Å². The van der Waals surface area contributed by atoms with Gasteiger partial charge in [0, 0.05) is 24.8 Å². The Morgan fingerprint density at radius 3 is 2.30 bits per heavy atom. The van der Waals surface area contributed by atoms with Crippen molar-refractivity contribution in [2.75, 3.05) is 24.7 Å². The summed E-state index contributed by atoms with van der Waals surface area (Å²) < 4.78 is 72.1. The number of hydrogen-bond acceptors (Lipinski definition) is 5. The van der Waals surface area contributed by atoms with Crippen molar-refractivity contribution in [2.45, 2.75) is 29.5 Å². The Labute approximate surface area is 134 Å². The van der Waals surface area contributed by atoms with Crippen LogP contribution in [0.4, 0.5) is 14.5 Å². The van der Waals surface area contributed by atoms with Crippen molar-refractivity contribution < 1.29 is 25.6 Å². The summed E-state index contributed by atoms with van der Waals surface area (Å²) in [4.78, 5) is -0.445. The topological polar surface area (TPSA) is 83.6 Å². The van der Waals surface area contributed by atoms with Crippen LogP contribution >= 0.6 is 0 Å². The minimum absolute atomic E-state index is 0.115. The van der Waals surface area contributed by atoms with E-state index in [4.69, 9.17) is 0 Å². The SMILES string of the molecule is CS(=O)(=O)N1CCCC(Nc2ccc(S(=O)(=O)C(F)F)cc2)C1. The van der Waals surface area contributed by atoms with Gasteiger partial charge in [0.25, 0.3) is 0 Å². The predicted molar refractivity (Wildman–Crippen MR) is 82.7 cm³/mol. The van der Waals surface area contributed by atoms with Crippen LogP contribution in [-0.4, -0.2) is 52.3 Å². The van der Waals surface area contributed by atoms with Gasteiger partial charge in [0.1, 0.15) is 0 Å². The van der Waals surface area contributed by atoms with Crippen LogP contribution in [-0.2, 0) is 19.9 Å². The smallest absolute Gasteiger partial charge is 0.341 e. The average molecular weight is 368 g/mol. The monoisotopic (exact) mass is 368 g/mol. The van der Waals surface area contributed by atoms with Crippen molar-refractivity contribution in [1.82, 2.24) is 4.31 Å². The second-order valence-electron chi connectivity index (χ2n) is 5.43. The Morgan fingerprint density at radius 1 is 1.17 bits per heavy atom. The first-order valence-electron chi connectivity index (χ1n) is 6.94. The molecule has 1 saturated heterocycles. The molecule has 1 aliphatic rings. The number of anilines is 1. The molecule has 0 spiro atoms. The van der Waals surface area contributed by atoms with Crippen LogP contribution in [0.1, 0.15) is 12.8 Å². The molecule has 2 rings (SSSR count). The Hall–Kier alpha value is -1.26. The molecule has 1 aliphatic heterocycles. The maximum Gasteiger partial charge on any atom is 0.341 e. The molecular formula is C13H18F2N2O4S2. The maximum absolute atomic E-state index is 12.5. The lowest BCUT2D eigenvalue weighted by atomic mass is 10.1. The van der Waals surface area contributed by atoms with Gasteiger partial charge in [-0.15, -0.1) is 0 Å². The molecule has 6 nitrogen and oxygen atoms in total. The Kier molecular flexibility index (Phi) is 5.27. The molecule has 0 aliphatic carbocycles. The van der Waals surface area contributed by atoms with Crippen molar-refractivity contribution in [3.8, 4) is 0 Å². The maximum atomic E-state index is 12.5. The molecule has 1 aromatic carbocycles. The van der Waals surface area contributed by atoms with Crippen molar-refractivity contribution in [3.05, 3.63) is 24.3 Å². The lowest BCUT2D eigenvalue weighted by molar-refractivity contribution is 0.234. The summed E-state index contributed by atoms with van der Waals surface area (Å²) in [7, 11) is -7.86. The Morgan fingerprint density at radius 2 is 1.78 bits per heavy atom. The molecule has 1 atom stereocenters. The zero-order valence-electron chi connectivity index (χ0n) is 12.4. The quantitative estimate of drug-likeness (QED) is 0.852. The van der Waals surface area contributed by atoms with E-state index >= 15 is 0 Å². The second-order valence-corrected chi connectivity index (χ2v) is 9.33. The van der Waals surface area contributed by atoms with E-state index in [2.05, 4.69) is 5.32 Å². The summed E-state index contributed by atoms with van der Waals surface area (Å²) >= 11 is 0. The number of alkyl halides is 2. The van der Waals surface area contributed by atoms with Crippen molar-refractivity contribution in [1.29, 1.82) is 0 Å². The fraction of sp³-hybridized carbons (Fsp3) is 0.538. The number of rotatable bonds is 5. The third-order valence-corrected chi connectivity index (χ3v) is 6.31. The van der Waals surface area contributed by atoms with Gasteiger partial charge in [-0.2, -0.15) is 8.78 Å². The van der Waals surface area contributed by atoms with Gasteiger partial charge >= 0.3 is 5.76 Å². The molecule has 10 heteroatoms. The Balaban J connectivity index is 2.07. The molecule has 0 saturated carbocycles. The normalized spacial score (nSPS) is 20.6. The van der Waals surface area contributed by atoms with Crippen LogP contribution < -0.4 is 5.32 Å². The number of sulfone groups is 1. The molecule has 0 radical (unpaired) electrons. The Bertz CT molecular complexity index is 749. The van der Waals surface area contributed by atoms with Crippen LogP contribution in [0.15, 0.2) is 29.2 Å². The molecule has 130 valence electrons. The number of piperidine rings is 1. The standard InChI is InChI=1S/C13H18F2N2O4S2/c1-22(18,19)17-8-2-3-11(9-17)16-10-4-6-12(7-5-10)23(20,21)13(14)15/h4-7,11,13,16H,2-3,8-9H2,1H3. The van der Waals surface area contributed by atoms with E-state index in [0.717, 1.165) is 24.8 Å². The first-order chi connectivity index (χ1) is 10.6. The number of nitrogens with one attached hydrogen (secondary N) is 1. The first-order valence-corrected chi connectivity index (χ1v) is 10.3. The van der Waals surface area contributed by atoms with E-state index in [-0.39, 0.29) is 6.04 Å². The van der Waals surface area contributed by atoms with Crippen LogP contribution in [0, 0.1) is 0 Å². The average Bonchev–Trinajstić information content (AvgIpc) is 2.47. The van der Waals surface area contributed by atoms with Crippen molar-refractivity contribution in [3.63, 3.8) is 0 Å². The first kappa shape index (κ1) is 18.1. The number of benzene rings is 1. The molecule has 1 unspecified atom stereocenters. The van der Waals surface area contributed by atoms with E-state index in [9.17, 15) is 25.6 Å². The molecular weight excluding hydrogens is 350 g/mol. The summed E-state index contributed by atoms with van der Waals surface area (Å²) in [5, 5.41) is 3.10. The minimum atomic E-state index is -4.60. The minimum Gasteiger partial charge on any atom is -0.381 e. The molecule has 0 aromatic heterocycles. The van der Waals surface area contributed by atoms with Gasteiger partial charge in [-0.1, -0.05) is 0 Å². The molecule has 0 amide bonds. The largest absolute Gasteiger partial charge is 0.381 e. The van der Waals surface area contributed by atoms with Crippen LogP contribution in [0.25, 0.3) is 0 Å². The molecule has 1 fully saturated rings. The fourth-order valence-corrected chi connectivity index (χ4v) is 4.07. The van der Waals surface area contributed by atoms with Gasteiger partial charge in [0.2, 0.25) is 19.9 Å². The lowest BCUT2D eigenvalue weighted by Gasteiger charge is -2.32. The number of nitrogens with zero attached hydrogens (tertiary/aromatic N) is 1. The summed E-state index contributed by atoms with van der Waals surface area (Å²) in [5.74, 6) is -3.46. The van der Waals surface area contributed by atoms with Gasteiger partial charge < -0.3 is 5.32 Å². The summed E-state index contributed by atoms with van der Waals surface area (Å²) in [6.07, 6.45) is 2.63. The molecule has 1 heterocycles. The number of halogens is 2. The van der Waals surface area contributed by atoms with E-state index in [1.54, 1.807) is 0 Å². The van der Waals surface area contributed by atoms with E-state index in [0.29, 0.717) is 25.2 Å². The number of sulfonamides is 1. The van der Waals surface area contributed by atoms with E-state index in [1.807, 2.05) is 0 Å². The predicted octanol–water partition coefficient (Wildman–Crippen LogP) is 1.52. The third kappa shape index (κ3) is 4.39. The highest BCUT2D eigenvalue weighted by atomic mass is 32.2. The van der Waals surface area contributed by atoms with Gasteiger partial charge in [-0.3, -0.25) is 0 Å². The van der Waals surface area contributed by atoms with Crippen LogP contribution in [0.2, 0.25) is 0 Å². The van der Waals surface area contributed by atoms with Gasteiger partial charge in [-0.05, 0) is 37.1 Å².